The van der Waals surface area contributed by atoms with E-state index < -0.39 is 43.5 Å². The summed E-state index contributed by atoms with van der Waals surface area (Å²) >= 11 is 6.44. The molecule has 1 fully saturated rings. The lowest BCUT2D eigenvalue weighted by Gasteiger charge is -2.32. The fraction of sp³-hybridized carbons (Fsp3) is 0.231. The van der Waals surface area contributed by atoms with E-state index in [0.717, 1.165) is 43.3 Å². The number of hydrogen-bond acceptors (Lipinski definition) is 14. The van der Waals surface area contributed by atoms with Crippen LogP contribution >= 0.6 is 11.6 Å². The summed E-state index contributed by atoms with van der Waals surface area (Å²) in [7, 11) is -2.03. The Balaban J connectivity index is 0.000000169. The number of rotatable bonds is 18. The number of anilines is 2. The van der Waals surface area contributed by atoms with Crippen LogP contribution in [0.3, 0.4) is 0 Å². The first kappa shape index (κ1) is 74.9. The molecule has 0 spiro atoms. The van der Waals surface area contributed by atoms with Crippen LogP contribution in [0.15, 0.2) is 160 Å². The molecule has 0 saturated carbocycles. The first-order valence-corrected chi connectivity index (χ1v) is 37.0. The van der Waals surface area contributed by atoms with E-state index in [9.17, 15) is 44.0 Å². The van der Waals surface area contributed by atoms with Crippen molar-refractivity contribution in [3.8, 4) is 45.2 Å². The molecule has 2 N–H and O–H groups in total. The van der Waals surface area contributed by atoms with Crippen LogP contribution in [0, 0.1) is 23.3 Å². The average Bonchev–Trinajstić information content (AvgIpc) is 1.55. The average molecular weight is 1470 g/mol. The zero-order chi connectivity index (χ0) is 74.9. The van der Waals surface area contributed by atoms with E-state index in [1.807, 2.05) is 65.8 Å². The molecule has 538 valence electrons. The fourth-order valence-electron chi connectivity index (χ4n) is 12.0. The van der Waals surface area contributed by atoms with Gasteiger partial charge in [-0.25, -0.2) is 44.4 Å². The van der Waals surface area contributed by atoms with Crippen molar-refractivity contribution in [3.63, 3.8) is 0 Å². The summed E-state index contributed by atoms with van der Waals surface area (Å²) in [5.74, 6) is -1.86. The second-order valence-electron chi connectivity index (χ2n) is 25.7. The highest BCUT2D eigenvalue weighted by atomic mass is 35.5. The zero-order valence-corrected chi connectivity index (χ0v) is 61.4. The predicted octanol–water partition coefficient (Wildman–Crippen LogP) is 16.4. The number of hydrogen-bond donors (Lipinski definition) is 2. The third-order valence-electron chi connectivity index (χ3n) is 18.4. The highest BCUT2D eigenvalue weighted by Gasteiger charge is 2.53. The van der Waals surface area contributed by atoms with E-state index in [1.54, 1.807) is 73.0 Å². The zero-order valence-electron chi connectivity index (χ0n) is 59.0. The Morgan fingerprint density at radius 1 is 0.596 bits per heavy atom. The molecule has 6 aromatic carbocycles. The van der Waals surface area contributed by atoms with Crippen LogP contribution in [0.5, 0.6) is 0 Å². The van der Waals surface area contributed by atoms with Crippen LogP contribution in [0.4, 0.5) is 28.9 Å². The molecule has 0 bridgehead atoms. The molecule has 18 nitrogen and oxygen atoms in total. The number of carbonyl (C=O) groups is 2. The maximum absolute atomic E-state index is 14.7. The molecule has 104 heavy (non-hydrogen) atoms. The van der Waals surface area contributed by atoms with Gasteiger partial charge in [-0.1, -0.05) is 48.0 Å². The molecular weight excluding hydrogens is 1400 g/mol. The number of benzene rings is 6. The number of ether oxygens (including phenoxy) is 2. The number of pyridine rings is 2. The van der Waals surface area contributed by atoms with Gasteiger partial charge in [0, 0.05) is 102 Å². The summed E-state index contributed by atoms with van der Waals surface area (Å²) in [5.41, 5.74) is 9.94. The highest BCUT2D eigenvalue weighted by Crippen LogP contribution is 2.46. The SMILES string of the molecule is CC1(C)OB(C2=Cc3c(F)cccc3C2)OC1(C)C.CCO/C=C/c1ccc(-c2cc3c(C(=O)NC)c(-c4ccc(F)cc4)oc3cc2N(C)S(C)(=O)=O)nc1C1=Cc2c(F)cccc2C1.CCO/C=C/c1ccc(-c2cc3c(C(=O)NC)c(-c4ccc(F)cc4)oc3cc2N(C)S(C)(=O)=O)nc1Cl. The summed E-state index contributed by atoms with van der Waals surface area (Å²) in [6.45, 7) is 12.8. The van der Waals surface area contributed by atoms with Crippen LogP contribution < -0.4 is 19.2 Å². The van der Waals surface area contributed by atoms with Crippen molar-refractivity contribution in [2.75, 3.05) is 62.5 Å². The summed E-state index contributed by atoms with van der Waals surface area (Å²) in [6, 6.07) is 34.6. The molecule has 3 aliphatic rings. The monoisotopic (exact) mass is 1470 g/mol. The van der Waals surface area contributed by atoms with Gasteiger partial charge >= 0.3 is 7.12 Å². The molecule has 2 aliphatic carbocycles. The van der Waals surface area contributed by atoms with Crippen molar-refractivity contribution in [1.82, 2.24) is 20.6 Å². The number of aromatic nitrogens is 2. The summed E-state index contributed by atoms with van der Waals surface area (Å²) in [6.07, 6.45) is 13.5. The van der Waals surface area contributed by atoms with Crippen LogP contribution in [0.2, 0.25) is 5.15 Å². The van der Waals surface area contributed by atoms with Gasteiger partial charge < -0.3 is 38.3 Å². The maximum atomic E-state index is 14.7. The third kappa shape index (κ3) is 15.5. The van der Waals surface area contributed by atoms with Crippen LogP contribution in [0.1, 0.15) is 101 Å². The highest BCUT2D eigenvalue weighted by molar-refractivity contribution is 7.92. The smallest absolute Gasteiger partial charge is 0.490 e. The number of fused-ring (bicyclic) bond motifs is 4. The molecule has 0 unspecified atom stereocenters. The molecule has 1 aliphatic heterocycles. The predicted molar refractivity (Wildman–Crippen MR) is 401 cm³/mol. The van der Waals surface area contributed by atoms with E-state index in [4.69, 9.17) is 44.2 Å². The van der Waals surface area contributed by atoms with Crippen LogP contribution in [-0.2, 0) is 51.7 Å². The Morgan fingerprint density at radius 3 is 1.45 bits per heavy atom. The summed E-state index contributed by atoms with van der Waals surface area (Å²) in [4.78, 5) is 35.8. The topological polar surface area (TPSA) is 222 Å². The number of carbonyl (C=O) groups excluding carboxylic acids is 2. The number of amides is 2. The van der Waals surface area contributed by atoms with Crippen molar-refractivity contribution in [3.05, 3.63) is 230 Å². The largest absolute Gasteiger partial charge is 0.501 e. The minimum absolute atomic E-state index is 0.177. The summed E-state index contributed by atoms with van der Waals surface area (Å²) < 4.78 is 144. The first-order chi connectivity index (χ1) is 49.3. The Kier molecular flexibility index (Phi) is 21.7. The molecule has 5 heterocycles. The second kappa shape index (κ2) is 30.2. The van der Waals surface area contributed by atoms with Gasteiger partial charge in [0.15, 0.2) is 0 Å². The van der Waals surface area contributed by atoms with Crippen molar-refractivity contribution in [1.29, 1.82) is 0 Å². The minimum Gasteiger partial charge on any atom is -0.501 e. The molecular formula is C78H74BClF4N6O12S2. The number of sulfonamides is 2. The molecule has 10 aromatic rings. The number of nitrogens with one attached hydrogen (secondary N) is 2. The fourth-order valence-corrected chi connectivity index (χ4v) is 13.2. The minimum atomic E-state index is -3.76. The lowest BCUT2D eigenvalue weighted by molar-refractivity contribution is 0.00578. The van der Waals surface area contributed by atoms with Gasteiger partial charge in [0.25, 0.3) is 11.8 Å². The quantitative estimate of drug-likeness (QED) is 0.0353. The van der Waals surface area contributed by atoms with Crippen LogP contribution in [0.25, 0.3) is 97.0 Å². The van der Waals surface area contributed by atoms with Gasteiger partial charge in [0.05, 0.1) is 89.0 Å². The second-order valence-corrected chi connectivity index (χ2v) is 30.0. The molecule has 1 saturated heterocycles. The number of furan rings is 2. The Labute approximate surface area is 605 Å². The van der Waals surface area contributed by atoms with Gasteiger partial charge in [-0.2, -0.15) is 0 Å². The molecule has 26 heteroatoms. The molecule has 0 atom stereocenters. The third-order valence-corrected chi connectivity index (χ3v) is 21.0. The number of halogens is 5. The van der Waals surface area contributed by atoms with Gasteiger partial charge in [-0.3, -0.25) is 18.2 Å². The van der Waals surface area contributed by atoms with Crippen molar-refractivity contribution in [2.24, 2.45) is 0 Å². The van der Waals surface area contributed by atoms with Gasteiger partial charge in [-0.15, -0.1) is 0 Å². The van der Waals surface area contributed by atoms with Crippen molar-refractivity contribution < 1.29 is 71.6 Å². The van der Waals surface area contributed by atoms with E-state index >= 15 is 0 Å². The van der Waals surface area contributed by atoms with Crippen molar-refractivity contribution in [2.45, 2.75) is 65.6 Å². The lowest BCUT2D eigenvalue weighted by atomic mass is 9.77. The van der Waals surface area contributed by atoms with Gasteiger partial charge in [0.2, 0.25) is 20.0 Å². The van der Waals surface area contributed by atoms with E-state index in [2.05, 4.69) is 15.6 Å². The van der Waals surface area contributed by atoms with Gasteiger partial charge in [-0.05, 0) is 179 Å². The van der Waals surface area contributed by atoms with Crippen molar-refractivity contribution >= 4 is 114 Å². The van der Waals surface area contributed by atoms with E-state index in [1.165, 1.54) is 101 Å². The van der Waals surface area contributed by atoms with E-state index in [-0.39, 0.29) is 80.3 Å². The first-order valence-electron chi connectivity index (χ1n) is 33.0. The lowest BCUT2D eigenvalue weighted by Crippen LogP contribution is -2.41. The Bertz CT molecular complexity index is 5380. The summed E-state index contributed by atoms with van der Waals surface area (Å²) in [5, 5.41) is 6.25. The molecule has 0 radical (unpaired) electrons. The van der Waals surface area contributed by atoms with E-state index in [0.29, 0.717) is 98.4 Å². The molecule has 2 amide bonds. The number of allylic oxidation sites excluding steroid dienone is 2. The Hall–Kier alpha value is -10.3. The molecule has 13 rings (SSSR count). The van der Waals surface area contributed by atoms with Crippen LogP contribution in [-0.4, -0.2) is 111 Å². The standard InChI is InChI=1S/C36H31F2N3O5S.C27H25ClFN3O5S.C15H18BFO2/c1-5-45-16-15-21-11-14-30(40-34(21)24-17-23-7-6-8-29(38)26(23)18-24)27-19-28-32(20-31(27)41(3)47(4,43)44)46-35(33(28)36(42)39-2)22-9-12-25(37)13-10-22;1-5-36-13-12-17-8-11-21(31-26(17)28)19-14-20-23(15-22(19)32(3)38(4,34)35)37-25(24(20)27(33)30-2)16-6-9-18(29)10-7-16;1-14(2)15(3,4)19-16(18-14)11-8-10-6-5-7-13(17)12(10)9-11/h6-16,18-20H,5,17H2,1-4H3,(H,39,42);6-15H,5H2,1-4H3,(H,30,33);5-7,9H,8H2,1-4H3/b16-15+;13-12+;. The Morgan fingerprint density at radius 2 is 1.03 bits per heavy atom. The normalized spacial score (nSPS) is 14.3. The molecule has 4 aromatic heterocycles. The maximum Gasteiger partial charge on any atom is 0.490 e. The van der Waals surface area contributed by atoms with Gasteiger partial charge in [0.1, 0.15) is 51.1 Å². The number of nitrogens with zero attached hydrogens (tertiary/aromatic N) is 4.